The smallest absolute Gasteiger partial charge is 0.296 e. The Morgan fingerprint density at radius 3 is 2.34 bits per heavy atom. The van der Waals surface area contributed by atoms with E-state index in [1.54, 1.807) is 36.4 Å². The summed E-state index contributed by atoms with van der Waals surface area (Å²) in [5, 5.41) is 10.9. The number of amides is 1. The molecule has 0 radical (unpaired) electrons. The molecule has 29 heavy (non-hydrogen) atoms. The fraction of sp³-hybridized carbons (Fsp3) is 0.167. The van der Waals surface area contributed by atoms with Gasteiger partial charge in [0.25, 0.3) is 11.7 Å². The van der Waals surface area contributed by atoms with Crippen LogP contribution in [-0.2, 0) is 22.6 Å². The first-order valence-electron chi connectivity index (χ1n) is 9.55. The van der Waals surface area contributed by atoms with Gasteiger partial charge in [-0.1, -0.05) is 61.5 Å². The molecule has 1 aliphatic rings. The summed E-state index contributed by atoms with van der Waals surface area (Å²) in [5.74, 6) is -0.942. The number of carbonyl (C=O) groups is 2. The zero-order chi connectivity index (χ0) is 20.4. The first-order valence-corrected chi connectivity index (χ1v) is 9.55. The number of rotatable bonds is 5. The van der Waals surface area contributed by atoms with E-state index in [0.29, 0.717) is 11.3 Å². The Hall–Kier alpha value is -3.60. The van der Waals surface area contributed by atoms with Gasteiger partial charge in [-0.2, -0.15) is 0 Å². The van der Waals surface area contributed by atoms with Gasteiger partial charge < -0.3 is 14.4 Å². The standard InChI is InChI=1S/C24H21NO4/c1-2-16-10-12-17(13-11-16)21-20(22(26)18-7-4-3-5-8-18)23(27)24(28)25(21)15-19-9-6-14-29-19/h3-14,21,26H,2,15H2,1H3/b22-20+/t21-/m1/s1. The van der Waals surface area contributed by atoms with Crippen LogP contribution in [0.3, 0.4) is 0 Å². The lowest BCUT2D eigenvalue weighted by atomic mass is 9.94. The molecule has 1 aromatic heterocycles. The van der Waals surface area contributed by atoms with Crippen LogP contribution in [0.25, 0.3) is 5.76 Å². The van der Waals surface area contributed by atoms with Gasteiger partial charge in [0.2, 0.25) is 0 Å². The average molecular weight is 387 g/mol. The van der Waals surface area contributed by atoms with Crippen LogP contribution in [0.4, 0.5) is 0 Å². The highest BCUT2D eigenvalue weighted by atomic mass is 16.3. The Morgan fingerprint density at radius 2 is 1.72 bits per heavy atom. The molecule has 146 valence electrons. The van der Waals surface area contributed by atoms with Crippen molar-refractivity contribution in [1.29, 1.82) is 0 Å². The summed E-state index contributed by atoms with van der Waals surface area (Å²) in [5.41, 5.74) is 2.51. The van der Waals surface area contributed by atoms with Crippen molar-refractivity contribution in [2.45, 2.75) is 25.9 Å². The van der Waals surface area contributed by atoms with E-state index in [-0.39, 0.29) is 17.9 Å². The number of aliphatic hydroxyl groups is 1. The third-order valence-electron chi connectivity index (χ3n) is 5.20. The van der Waals surface area contributed by atoms with Crippen LogP contribution in [-0.4, -0.2) is 21.7 Å². The number of likely N-dealkylation sites (tertiary alicyclic amines) is 1. The highest BCUT2D eigenvalue weighted by Crippen LogP contribution is 2.40. The highest BCUT2D eigenvalue weighted by Gasteiger charge is 2.46. The first kappa shape index (κ1) is 18.7. The molecular weight excluding hydrogens is 366 g/mol. The largest absolute Gasteiger partial charge is 0.507 e. The number of furan rings is 1. The molecule has 1 fully saturated rings. The van der Waals surface area contributed by atoms with Crippen LogP contribution in [0.5, 0.6) is 0 Å². The number of aliphatic hydroxyl groups excluding tert-OH is 1. The number of benzene rings is 2. The quantitative estimate of drug-likeness (QED) is 0.398. The molecule has 1 N–H and O–H groups in total. The Kier molecular flexibility index (Phi) is 5.04. The lowest BCUT2D eigenvalue weighted by molar-refractivity contribution is -0.140. The number of nitrogens with zero attached hydrogens (tertiary/aromatic N) is 1. The monoisotopic (exact) mass is 387 g/mol. The van der Waals surface area contributed by atoms with Crippen molar-refractivity contribution in [1.82, 2.24) is 4.90 Å². The van der Waals surface area contributed by atoms with Gasteiger partial charge in [-0.15, -0.1) is 0 Å². The Morgan fingerprint density at radius 1 is 1.00 bits per heavy atom. The molecule has 3 aromatic rings. The van der Waals surface area contributed by atoms with E-state index >= 15 is 0 Å². The van der Waals surface area contributed by atoms with Crippen molar-refractivity contribution in [2.75, 3.05) is 0 Å². The molecule has 5 nitrogen and oxygen atoms in total. The molecule has 1 saturated heterocycles. The number of carbonyl (C=O) groups excluding carboxylic acids is 2. The molecule has 0 spiro atoms. The van der Waals surface area contributed by atoms with Crippen molar-refractivity contribution in [3.05, 3.63) is 101 Å². The van der Waals surface area contributed by atoms with Crippen molar-refractivity contribution < 1.29 is 19.1 Å². The van der Waals surface area contributed by atoms with E-state index in [1.807, 2.05) is 30.3 Å². The molecule has 1 atom stereocenters. The Labute approximate surface area is 168 Å². The summed E-state index contributed by atoms with van der Waals surface area (Å²) < 4.78 is 5.40. The predicted octanol–water partition coefficient (Wildman–Crippen LogP) is 4.46. The second-order valence-electron chi connectivity index (χ2n) is 6.97. The normalized spacial score (nSPS) is 18.4. The van der Waals surface area contributed by atoms with Gasteiger partial charge in [0.1, 0.15) is 11.5 Å². The first-order chi connectivity index (χ1) is 14.1. The third kappa shape index (κ3) is 3.47. The van der Waals surface area contributed by atoms with Gasteiger partial charge in [-0.25, -0.2) is 0 Å². The zero-order valence-electron chi connectivity index (χ0n) is 16.0. The van der Waals surface area contributed by atoms with Gasteiger partial charge in [-0.3, -0.25) is 9.59 Å². The summed E-state index contributed by atoms with van der Waals surface area (Å²) in [4.78, 5) is 27.3. The van der Waals surface area contributed by atoms with Crippen molar-refractivity contribution in [3.8, 4) is 0 Å². The fourth-order valence-electron chi connectivity index (χ4n) is 3.65. The number of aryl methyl sites for hydroxylation is 1. The summed E-state index contributed by atoms with van der Waals surface area (Å²) in [6.07, 6.45) is 2.41. The van der Waals surface area contributed by atoms with Crippen LogP contribution in [0.2, 0.25) is 0 Å². The zero-order valence-corrected chi connectivity index (χ0v) is 16.0. The minimum Gasteiger partial charge on any atom is -0.507 e. The van der Waals surface area contributed by atoms with E-state index in [1.165, 1.54) is 11.2 Å². The van der Waals surface area contributed by atoms with Gasteiger partial charge in [-0.05, 0) is 29.7 Å². The molecule has 0 bridgehead atoms. The summed E-state index contributed by atoms with van der Waals surface area (Å²) >= 11 is 0. The molecule has 5 heteroatoms. The Bertz CT molecular complexity index is 1050. The van der Waals surface area contributed by atoms with Gasteiger partial charge in [0.15, 0.2) is 0 Å². The lowest BCUT2D eigenvalue weighted by Gasteiger charge is -2.24. The van der Waals surface area contributed by atoms with Gasteiger partial charge in [0.05, 0.1) is 24.4 Å². The maximum absolute atomic E-state index is 12.9. The molecule has 1 amide bonds. The van der Waals surface area contributed by atoms with E-state index < -0.39 is 17.7 Å². The molecule has 1 aliphatic heterocycles. The second kappa shape index (κ2) is 7.80. The van der Waals surface area contributed by atoms with E-state index in [0.717, 1.165) is 17.5 Å². The molecule has 0 saturated carbocycles. The average Bonchev–Trinajstić information content (AvgIpc) is 3.36. The number of hydrogen-bond donors (Lipinski definition) is 1. The summed E-state index contributed by atoms with van der Waals surface area (Å²) in [6, 6.07) is 19.4. The van der Waals surface area contributed by atoms with Gasteiger partial charge >= 0.3 is 0 Å². The second-order valence-corrected chi connectivity index (χ2v) is 6.97. The van der Waals surface area contributed by atoms with Gasteiger partial charge in [0, 0.05) is 5.56 Å². The third-order valence-corrected chi connectivity index (χ3v) is 5.20. The van der Waals surface area contributed by atoms with Crippen LogP contribution >= 0.6 is 0 Å². The molecule has 0 unspecified atom stereocenters. The lowest BCUT2D eigenvalue weighted by Crippen LogP contribution is -2.29. The Balaban J connectivity index is 1.85. The number of ketones is 1. The minimum absolute atomic E-state index is 0.0944. The minimum atomic E-state index is -0.692. The fourth-order valence-corrected chi connectivity index (χ4v) is 3.65. The SMILES string of the molecule is CCc1ccc([C@@H]2/C(=C(\O)c3ccccc3)C(=O)C(=O)N2Cc2ccco2)cc1. The van der Waals surface area contributed by atoms with Crippen molar-refractivity contribution in [2.24, 2.45) is 0 Å². The van der Waals surface area contributed by atoms with Crippen LogP contribution < -0.4 is 0 Å². The number of Topliss-reactive ketones (excluding diaryl/α,β-unsaturated/α-hetero) is 1. The maximum atomic E-state index is 12.9. The highest BCUT2D eigenvalue weighted by molar-refractivity contribution is 6.46. The molecular formula is C24H21NO4. The molecule has 2 aromatic carbocycles. The van der Waals surface area contributed by atoms with E-state index in [9.17, 15) is 14.7 Å². The van der Waals surface area contributed by atoms with Crippen LogP contribution in [0.15, 0.2) is 83.0 Å². The summed E-state index contributed by atoms with van der Waals surface area (Å²) in [6.45, 7) is 2.21. The topological polar surface area (TPSA) is 70.8 Å². The van der Waals surface area contributed by atoms with E-state index in [4.69, 9.17) is 4.42 Å². The molecule has 2 heterocycles. The van der Waals surface area contributed by atoms with E-state index in [2.05, 4.69) is 6.92 Å². The molecule has 4 rings (SSSR count). The molecule has 0 aliphatic carbocycles. The predicted molar refractivity (Wildman–Crippen MR) is 109 cm³/mol. The maximum Gasteiger partial charge on any atom is 0.296 e. The van der Waals surface area contributed by atoms with Crippen LogP contribution in [0.1, 0.15) is 35.4 Å². The van der Waals surface area contributed by atoms with Crippen molar-refractivity contribution in [3.63, 3.8) is 0 Å². The summed E-state index contributed by atoms with van der Waals surface area (Å²) in [7, 11) is 0. The number of hydrogen-bond acceptors (Lipinski definition) is 4. The van der Waals surface area contributed by atoms with Crippen molar-refractivity contribution >= 4 is 17.4 Å². The van der Waals surface area contributed by atoms with Crippen LogP contribution in [0, 0.1) is 0 Å².